The molecule has 0 fully saturated rings. The Bertz CT molecular complexity index is 638. The molecule has 1 amide bonds. The SMILES string of the molecule is NCCn1cnc(C(=O)Nc2cncc(C(=O)O)c2)c1. The van der Waals surface area contributed by atoms with E-state index in [1.165, 1.54) is 24.8 Å². The van der Waals surface area contributed by atoms with Crippen LogP contribution >= 0.6 is 0 Å². The van der Waals surface area contributed by atoms with Gasteiger partial charge in [-0.15, -0.1) is 0 Å². The molecule has 8 heteroatoms. The van der Waals surface area contributed by atoms with Gasteiger partial charge >= 0.3 is 5.97 Å². The number of imidazole rings is 1. The van der Waals surface area contributed by atoms with Gasteiger partial charge in [0.05, 0.1) is 23.8 Å². The van der Waals surface area contributed by atoms with E-state index in [0.29, 0.717) is 18.8 Å². The van der Waals surface area contributed by atoms with Crippen molar-refractivity contribution in [3.8, 4) is 0 Å². The lowest BCUT2D eigenvalue weighted by Gasteiger charge is -2.03. The van der Waals surface area contributed by atoms with Crippen LogP contribution in [-0.4, -0.2) is 38.1 Å². The van der Waals surface area contributed by atoms with Gasteiger partial charge in [-0.05, 0) is 6.07 Å². The lowest BCUT2D eigenvalue weighted by molar-refractivity contribution is 0.0696. The van der Waals surface area contributed by atoms with Crippen LogP contribution in [0, 0.1) is 0 Å². The minimum absolute atomic E-state index is 0.00328. The summed E-state index contributed by atoms with van der Waals surface area (Å²) in [6.45, 7) is 1.01. The molecule has 0 aromatic carbocycles. The second kappa shape index (κ2) is 5.93. The van der Waals surface area contributed by atoms with Gasteiger partial charge in [-0.25, -0.2) is 9.78 Å². The monoisotopic (exact) mass is 275 g/mol. The van der Waals surface area contributed by atoms with Crippen LogP contribution in [0.5, 0.6) is 0 Å². The number of nitrogens with two attached hydrogens (primary N) is 1. The third kappa shape index (κ3) is 3.18. The number of anilines is 1. The zero-order valence-electron chi connectivity index (χ0n) is 10.5. The minimum atomic E-state index is -1.11. The average Bonchev–Trinajstić information content (AvgIpc) is 2.88. The van der Waals surface area contributed by atoms with Crippen molar-refractivity contribution in [2.75, 3.05) is 11.9 Å². The van der Waals surface area contributed by atoms with Gasteiger partial charge in [-0.2, -0.15) is 0 Å². The number of carboxylic acid groups (broad SMARTS) is 1. The van der Waals surface area contributed by atoms with Gasteiger partial charge in [0, 0.05) is 25.5 Å². The van der Waals surface area contributed by atoms with Crippen LogP contribution in [0.4, 0.5) is 5.69 Å². The fourth-order valence-corrected chi connectivity index (χ4v) is 1.57. The van der Waals surface area contributed by atoms with Crippen LogP contribution in [0.2, 0.25) is 0 Å². The number of carboxylic acids is 1. The van der Waals surface area contributed by atoms with Gasteiger partial charge in [0.15, 0.2) is 0 Å². The molecule has 0 atom stereocenters. The largest absolute Gasteiger partial charge is 0.478 e. The van der Waals surface area contributed by atoms with E-state index in [2.05, 4.69) is 15.3 Å². The fourth-order valence-electron chi connectivity index (χ4n) is 1.57. The Morgan fingerprint density at radius 2 is 2.20 bits per heavy atom. The van der Waals surface area contributed by atoms with Crippen LogP contribution < -0.4 is 11.1 Å². The summed E-state index contributed by atoms with van der Waals surface area (Å²) in [6, 6.07) is 1.32. The molecule has 8 nitrogen and oxygen atoms in total. The molecule has 20 heavy (non-hydrogen) atoms. The van der Waals surface area contributed by atoms with Crippen molar-refractivity contribution in [3.63, 3.8) is 0 Å². The molecule has 2 rings (SSSR count). The van der Waals surface area contributed by atoms with Crippen molar-refractivity contribution in [1.82, 2.24) is 14.5 Å². The highest BCUT2D eigenvalue weighted by molar-refractivity contribution is 6.03. The number of carbonyl (C=O) groups is 2. The van der Waals surface area contributed by atoms with Crippen LogP contribution in [-0.2, 0) is 6.54 Å². The van der Waals surface area contributed by atoms with E-state index in [0.717, 1.165) is 0 Å². The lowest BCUT2D eigenvalue weighted by Crippen LogP contribution is -2.13. The third-order valence-corrected chi connectivity index (χ3v) is 2.50. The summed E-state index contributed by atoms with van der Waals surface area (Å²) in [4.78, 5) is 30.4. The molecule has 2 aromatic rings. The average molecular weight is 275 g/mol. The first-order valence-corrected chi connectivity index (χ1v) is 5.81. The first-order valence-electron chi connectivity index (χ1n) is 5.81. The third-order valence-electron chi connectivity index (χ3n) is 2.50. The molecule has 0 radical (unpaired) electrons. The van der Waals surface area contributed by atoms with E-state index in [4.69, 9.17) is 10.8 Å². The van der Waals surface area contributed by atoms with Gasteiger partial charge in [0.25, 0.3) is 5.91 Å². The Labute approximate surface area is 114 Å². The number of pyridine rings is 1. The smallest absolute Gasteiger partial charge is 0.337 e. The summed E-state index contributed by atoms with van der Waals surface area (Å²) in [6.07, 6.45) is 5.64. The summed E-state index contributed by atoms with van der Waals surface area (Å²) in [7, 11) is 0. The molecule has 0 bridgehead atoms. The van der Waals surface area contributed by atoms with Crippen molar-refractivity contribution in [1.29, 1.82) is 0 Å². The number of aromatic carboxylic acids is 1. The Morgan fingerprint density at radius 3 is 2.90 bits per heavy atom. The normalized spacial score (nSPS) is 10.2. The van der Waals surface area contributed by atoms with Gasteiger partial charge < -0.3 is 20.7 Å². The molecule has 0 aliphatic rings. The molecule has 0 saturated heterocycles. The predicted molar refractivity (Wildman–Crippen MR) is 70.4 cm³/mol. The summed E-state index contributed by atoms with van der Waals surface area (Å²) >= 11 is 0. The molecule has 0 aliphatic heterocycles. The Balaban J connectivity index is 2.10. The number of amides is 1. The topological polar surface area (TPSA) is 123 Å². The molecule has 0 spiro atoms. The maximum absolute atomic E-state index is 11.9. The summed E-state index contributed by atoms with van der Waals surface area (Å²) in [5.74, 6) is -1.55. The van der Waals surface area contributed by atoms with Crippen molar-refractivity contribution in [2.24, 2.45) is 5.73 Å². The van der Waals surface area contributed by atoms with Crippen LogP contribution in [0.15, 0.2) is 31.0 Å². The van der Waals surface area contributed by atoms with Crippen molar-refractivity contribution < 1.29 is 14.7 Å². The van der Waals surface area contributed by atoms with E-state index in [1.54, 1.807) is 10.8 Å². The second-order valence-corrected chi connectivity index (χ2v) is 4.01. The Morgan fingerprint density at radius 1 is 1.40 bits per heavy atom. The number of nitrogens with one attached hydrogen (secondary N) is 1. The lowest BCUT2D eigenvalue weighted by atomic mass is 10.2. The number of carbonyl (C=O) groups excluding carboxylic acids is 1. The van der Waals surface area contributed by atoms with E-state index in [1.807, 2.05) is 0 Å². The van der Waals surface area contributed by atoms with E-state index in [-0.39, 0.29) is 11.3 Å². The van der Waals surface area contributed by atoms with Crippen molar-refractivity contribution >= 4 is 17.6 Å². The Kier molecular flexibility index (Phi) is 4.06. The molecule has 4 N–H and O–H groups in total. The summed E-state index contributed by atoms with van der Waals surface area (Å²) in [5.41, 5.74) is 5.91. The Hall–Kier alpha value is -2.74. The number of hydrogen-bond acceptors (Lipinski definition) is 5. The van der Waals surface area contributed by atoms with E-state index < -0.39 is 11.9 Å². The quantitative estimate of drug-likeness (QED) is 0.715. The van der Waals surface area contributed by atoms with Crippen molar-refractivity contribution in [2.45, 2.75) is 6.54 Å². The number of nitrogens with zero attached hydrogens (tertiary/aromatic N) is 3. The molecule has 0 unspecified atom stereocenters. The maximum atomic E-state index is 11.9. The molecule has 104 valence electrons. The molecular formula is C12H13N5O3. The number of rotatable bonds is 5. The van der Waals surface area contributed by atoms with Gasteiger partial charge in [0.1, 0.15) is 5.69 Å². The molecule has 2 aromatic heterocycles. The molecule has 0 aliphatic carbocycles. The first-order chi connectivity index (χ1) is 9.60. The van der Waals surface area contributed by atoms with E-state index >= 15 is 0 Å². The highest BCUT2D eigenvalue weighted by Crippen LogP contribution is 2.10. The van der Waals surface area contributed by atoms with Gasteiger partial charge in [-0.3, -0.25) is 9.78 Å². The number of hydrogen-bond donors (Lipinski definition) is 3. The van der Waals surface area contributed by atoms with Crippen molar-refractivity contribution in [3.05, 3.63) is 42.2 Å². The zero-order valence-corrected chi connectivity index (χ0v) is 10.5. The van der Waals surface area contributed by atoms with Crippen LogP contribution in [0.25, 0.3) is 0 Å². The summed E-state index contributed by atoms with van der Waals surface area (Å²) < 4.78 is 1.70. The van der Waals surface area contributed by atoms with Crippen LogP contribution in [0.1, 0.15) is 20.8 Å². The predicted octanol–water partition coefficient (Wildman–Crippen LogP) is 0.187. The minimum Gasteiger partial charge on any atom is -0.478 e. The van der Waals surface area contributed by atoms with Gasteiger partial charge in [0.2, 0.25) is 0 Å². The standard InChI is InChI=1S/C12H13N5O3/c13-1-2-17-6-10(15-7-17)11(18)16-9-3-8(12(19)20)4-14-5-9/h3-7H,1-2,13H2,(H,16,18)(H,19,20). The molecular weight excluding hydrogens is 262 g/mol. The first kappa shape index (κ1) is 13.7. The molecule has 2 heterocycles. The van der Waals surface area contributed by atoms with Crippen LogP contribution in [0.3, 0.4) is 0 Å². The highest BCUT2D eigenvalue weighted by Gasteiger charge is 2.11. The second-order valence-electron chi connectivity index (χ2n) is 4.01. The molecule has 0 saturated carbocycles. The highest BCUT2D eigenvalue weighted by atomic mass is 16.4. The number of aromatic nitrogens is 3. The summed E-state index contributed by atoms with van der Waals surface area (Å²) in [5, 5.41) is 11.4. The maximum Gasteiger partial charge on any atom is 0.337 e. The van der Waals surface area contributed by atoms with E-state index in [9.17, 15) is 9.59 Å². The van der Waals surface area contributed by atoms with Gasteiger partial charge in [-0.1, -0.05) is 0 Å². The fraction of sp³-hybridized carbons (Fsp3) is 0.167. The zero-order chi connectivity index (χ0) is 14.5.